The van der Waals surface area contributed by atoms with Crippen LogP contribution in [0.5, 0.6) is 0 Å². The number of nitrogens with zero attached hydrogens (tertiary/aromatic N) is 2. The second-order valence-corrected chi connectivity index (χ2v) is 7.48. The highest BCUT2D eigenvalue weighted by Crippen LogP contribution is 2.25. The summed E-state index contributed by atoms with van der Waals surface area (Å²) in [6, 6.07) is 0.139. The van der Waals surface area contributed by atoms with Crippen LogP contribution in [-0.4, -0.2) is 53.8 Å². The molecule has 0 radical (unpaired) electrons. The number of carbonyl (C=O) groups excluding carboxylic acids is 2. The summed E-state index contributed by atoms with van der Waals surface area (Å²) in [6.07, 6.45) is 4.85. The van der Waals surface area contributed by atoms with Crippen LogP contribution in [0.3, 0.4) is 0 Å². The Morgan fingerprint density at radius 1 is 1.09 bits per heavy atom. The lowest BCUT2D eigenvalue weighted by Gasteiger charge is -2.39. The lowest BCUT2D eigenvalue weighted by Crippen LogP contribution is -2.51. The summed E-state index contributed by atoms with van der Waals surface area (Å²) in [5.41, 5.74) is 6.03. The van der Waals surface area contributed by atoms with Crippen LogP contribution < -0.4 is 5.73 Å². The molecular formula is C18H33N3O2. The van der Waals surface area contributed by atoms with Crippen LogP contribution in [0.4, 0.5) is 0 Å². The minimum absolute atomic E-state index is 0.0245. The van der Waals surface area contributed by atoms with Crippen LogP contribution in [0.25, 0.3) is 0 Å². The molecule has 0 bridgehead atoms. The van der Waals surface area contributed by atoms with Crippen LogP contribution in [0.1, 0.15) is 52.9 Å². The highest BCUT2D eigenvalue weighted by molar-refractivity contribution is 5.82. The molecule has 23 heavy (non-hydrogen) atoms. The zero-order chi connectivity index (χ0) is 17.0. The van der Waals surface area contributed by atoms with Gasteiger partial charge in [0, 0.05) is 38.1 Å². The van der Waals surface area contributed by atoms with Gasteiger partial charge in [0.15, 0.2) is 0 Å². The Hall–Kier alpha value is -1.10. The third-order valence-corrected chi connectivity index (χ3v) is 5.63. The van der Waals surface area contributed by atoms with E-state index in [2.05, 4.69) is 0 Å². The third-order valence-electron chi connectivity index (χ3n) is 5.63. The summed E-state index contributed by atoms with van der Waals surface area (Å²) in [6.45, 7) is 9.08. The van der Waals surface area contributed by atoms with E-state index >= 15 is 0 Å². The lowest BCUT2D eigenvalue weighted by molar-refractivity contribution is -0.143. The fourth-order valence-electron chi connectivity index (χ4n) is 3.76. The van der Waals surface area contributed by atoms with Crippen molar-refractivity contribution >= 4 is 11.8 Å². The van der Waals surface area contributed by atoms with Gasteiger partial charge in [-0.05, 0) is 44.9 Å². The minimum Gasteiger partial charge on any atom is -0.342 e. The van der Waals surface area contributed by atoms with E-state index in [-0.39, 0.29) is 29.7 Å². The van der Waals surface area contributed by atoms with E-state index in [1.54, 1.807) is 0 Å². The smallest absolute Gasteiger partial charge is 0.227 e. The standard InChI is InChI=1S/C18H33N3O2/c1-4-13(2)17(22)20-9-6-8-16(12-20)18(23)21-10-5-7-15(11-21)14(3)19/h13-16H,4-12,19H2,1-3H3. The van der Waals surface area contributed by atoms with Gasteiger partial charge in [-0.1, -0.05) is 13.8 Å². The predicted octanol–water partition coefficient (Wildman–Crippen LogP) is 1.86. The summed E-state index contributed by atoms with van der Waals surface area (Å²) >= 11 is 0. The topological polar surface area (TPSA) is 66.6 Å². The Balaban J connectivity index is 1.95. The molecule has 0 saturated carbocycles. The fourth-order valence-corrected chi connectivity index (χ4v) is 3.76. The van der Waals surface area contributed by atoms with Crippen LogP contribution in [0, 0.1) is 17.8 Å². The molecule has 0 aromatic carbocycles. The molecule has 5 heteroatoms. The van der Waals surface area contributed by atoms with Gasteiger partial charge < -0.3 is 15.5 Å². The second kappa shape index (κ2) is 8.13. The molecule has 4 atom stereocenters. The summed E-state index contributed by atoms with van der Waals surface area (Å²) in [7, 11) is 0. The zero-order valence-electron chi connectivity index (χ0n) is 15.0. The summed E-state index contributed by atoms with van der Waals surface area (Å²) < 4.78 is 0. The molecule has 4 unspecified atom stereocenters. The van der Waals surface area contributed by atoms with Crippen molar-refractivity contribution in [3.8, 4) is 0 Å². The molecule has 2 aliphatic heterocycles. The van der Waals surface area contributed by atoms with Gasteiger partial charge in [-0.3, -0.25) is 9.59 Å². The monoisotopic (exact) mass is 323 g/mol. The van der Waals surface area contributed by atoms with Crippen molar-refractivity contribution in [2.24, 2.45) is 23.5 Å². The van der Waals surface area contributed by atoms with E-state index in [0.29, 0.717) is 12.5 Å². The molecule has 132 valence electrons. The SMILES string of the molecule is CCC(C)C(=O)N1CCCC(C(=O)N2CCCC(C(C)N)C2)C1. The van der Waals surface area contributed by atoms with Gasteiger partial charge in [-0.25, -0.2) is 0 Å². The number of amides is 2. The predicted molar refractivity (Wildman–Crippen MR) is 91.7 cm³/mol. The van der Waals surface area contributed by atoms with E-state index in [9.17, 15) is 9.59 Å². The summed E-state index contributed by atoms with van der Waals surface area (Å²) in [5.74, 6) is 0.883. The normalized spacial score (nSPS) is 28.3. The maximum atomic E-state index is 12.9. The van der Waals surface area contributed by atoms with Crippen molar-refractivity contribution in [2.45, 2.75) is 58.9 Å². The minimum atomic E-state index is -0.0245. The van der Waals surface area contributed by atoms with Crippen LogP contribution in [0.15, 0.2) is 0 Å². The molecule has 2 saturated heterocycles. The first-order valence-electron chi connectivity index (χ1n) is 9.27. The molecule has 2 aliphatic rings. The number of hydrogen-bond donors (Lipinski definition) is 1. The quantitative estimate of drug-likeness (QED) is 0.858. The summed E-state index contributed by atoms with van der Waals surface area (Å²) in [5, 5.41) is 0. The highest BCUT2D eigenvalue weighted by atomic mass is 16.2. The molecule has 2 heterocycles. The van der Waals surface area contributed by atoms with Crippen molar-refractivity contribution in [1.82, 2.24) is 9.80 Å². The Labute approximate surface area is 140 Å². The number of carbonyl (C=O) groups is 2. The molecule has 2 rings (SSSR count). The van der Waals surface area contributed by atoms with E-state index in [1.165, 1.54) is 0 Å². The first-order chi connectivity index (χ1) is 10.9. The zero-order valence-corrected chi connectivity index (χ0v) is 15.0. The Morgan fingerprint density at radius 2 is 1.74 bits per heavy atom. The number of hydrogen-bond acceptors (Lipinski definition) is 3. The third kappa shape index (κ3) is 4.46. The molecule has 0 aromatic heterocycles. The van der Waals surface area contributed by atoms with E-state index in [0.717, 1.165) is 51.7 Å². The molecular weight excluding hydrogens is 290 g/mol. The summed E-state index contributed by atoms with van der Waals surface area (Å²) in [4.78, 5) is 29.2. The number of piperidine rings is 2. The van der Waals surface area contributed by atoms with Crippen molar-refractivity contribution in [2.75, 3.05) is 26.2 Å². The molecule has 5 nitrogen and oxygen atoms in total. The van der Waals surface area contributed by atoms with Gasteiger partial charge in [-0.2, -0.15) is 0 Å². The van der Waals surface area contributed by atoms with Crippen LogP contribution in [0.2, 0.25) is 0 Å². The maximum Gasteiger partial charge on any atom is 0.227 e. The van der Waals surface area contributed by atoms with Crippen molar-refractivity contribution < 1.29 is 9.59 Å². The lowest BCUT2D eigenvalue weighted by atomic mass is 9.89. The first-order valence-corrected chi connectivity index (χ1v) is 9.27. The largest absolute Gasteiger partial charge is 0.342 e. The van der Waals surface area contributed by atoms with Crippen molar-refractivity contribution in [3.05, 3.63) is 0 Å². The Kier molecular flexibility index (Phi) is 6.45. The van der Waals surface area contributed by atoms with E-state index in [1.807, 2.05) is 30.6 Å². The van der Waals surface area contributed by atoms with Gasteiger partial charge in [0.1, 0.15) is 0 Å². The Bertz CT molecular complexity index is 424. The first kappa shape index (κ1) is 18.2. The number of nitrogens with two attached hydrogens (primary N) is 1. The molecule has 2 amide bonds. The fraction of sp³-hybridized carbons (Fsp3) is 0.889. The molecule has 0 aromatic rings. The van der Waals surface area contributed by atoms with Gasteiger partial charge in [0.25, 0.3) is 0 Å². The van der Waals surface area contributed by atoms with Gasteiger partial charge >= 0.3 is 0 Å². The van der Waals surface area contributed by atoms with E-state index in [4.69, 9.17) is 5.73 Å². The maximum absolute atomic E-state index is 12.9. The second-order valence-electron chi connectivity index (χ2n) is 7.48. The molecule has 0 spiro atoms. The number of rotatable bonds is 4. The van der Waals surface area contributed by atoms with Gasteiger partial charge in [-0.15, -0.1) is 0 Å². The Morgan fingerprint density at radius 3 is 2.39 bits per heavy atom. The number of likely N-dealkylation sites (tertiary alicyclic amines) is 2. The van der Waals surface area contributed by atoms with Gasteiger partial charge in [0.05, 0.1) is 5.92 Å². The average Bonchev–Trinajstić information content (AvgIpc) is 2.59. The highest BCUT2D eigenvalue weighted by Gasteiger charge is 2.34. The molecule has 0 aliphatic carbocycles. The van der Waals surface area contributed by atoms with E-state index < -0.39 is 0 Å². The van der Waals surface area contributed by atoms with Gasteiger partial charge in [0.2, 0.25) is 11.8 Å². The average molecular weight is 323 g/mol. The van der Waals surface area contributed by atoms with Crippen molar-refractivity contribution in [3.63, 3.8) is 0 Å². The van der Waals surface area contributed by atoms with Crippen molar-refractivity contribution in [1.29, 1.82) is 0 Å². The molecule has 2 fully saturated rings. The van der Waals surface area contributed by atoms with Crippen LogP contribution in [-0.2, 0) is 9.59 Å². The molecule has 2 N–H and O–H groups in total. The van der Waals surface area contributed by atoms with Crippen LogP contribution >= 0.6 is 0 Å².